The van der Waals surface area contributed by atoms with E-state index in [2.05, 4.69) is 30.1 Å². The number of nitrogens with zero attached hydrogens (tertiary/aromatic N) is 1. The number of hydrogen-bond acceptors (Lipinski definition) is 1. The SMILES string of the molecule is CCN(CC)C(=S)Nc1c(C)cc(C)cc1Cl. The lowest BCUT2D eigenvalue weighted by molar-refractivity contribution is 0.473. The van der Waals surface area contributed by atoms with Gasteiger partial charge in [0.25, 0.3) is 0 Å². The Morgan fingerprint density at radius 1 is 1.29 bits per heavy atom. The molecule has 0 aliphatic heterocycles. The van der Waals surface area contributed by atoms with Crippen molar-refractivity contribution in [1.29, 1.82) is 0 Å². The monoisotopic (exact) mass is 270 g/mol. The van der Waals surface area contributed by atoms with Crippen LogP contribution in [-0.2, 0) is 0 Å². The molecule has 0 saturated heterocycles. The van der Waals surface area contributed by atoms with Gasteiger partial charge in [-0.15, -0.1) is 0 Å². The Hall–Kier alpha value is -0.800. The summed E-state index contributed by atoms with van der Waals surface area (Å²) in [6, 6.07) is 4.04. The molecular weight excluding hydrogens is 252 g/mol. The Morgan fingerprint density at radius 2 is 1.88 bits per heavy atom. The standard InChI is InChI=1S/C13H19ClN2S/c1-5-16(6-2)13(17)15-12-10(4)7-9(3)8-11(12)14/h7-8H,5-6H2,1-4H3,(H,15,17). The number of aryl methyl sites for hydroxylation is 2. The summed E-state index contributed by atoms with van der Waals surface area (Å²) >= 11 is 11.6. The van der Waals surface area contributed by atoms with E-state index >= 15 is 0 Å². The van der Waals surface area contributed by atoms with E-state index < -0.39 is 0 Å². The topological polar surface area (TPSA) is 15.3 Å². The van der Waals surface area contributed by atoms with Gasteiger partial charge in [-0.3, -0.25) is 0 Å². The highest BCUT2D eigenvalue weighted by Crippen LogP contribution is 2.27. The quantitative estimate of drug-likeness (QED) is 0.836. The first-order chi connectivity index (χ1) is 7.99. The molecule has 0 fully saturated rings. The van der Waals surface area contributed by atoms with Crippen molar-refractivity contribution in [3.8, 4) is 0 Å². The maximum absolute atomic E-state index is 6.23. The fourth-order valence-electron chi connectivity index (χ4n) is 1.77. The Balaban J connectivity index is 2.92. The molecule has 1 aromatic carbocycles. The zero-order valence-corrected chi connectivity index (χ0v) is 12.4. The van der Waals surface area contributed by atoms with Crippen molar-refractivity contribution in [2.45, 2.75) is 27.7 Å². The second-order valence-electron chi connectivity index (χ2n) is 4.04. The second-order valence-corrected chi connectivity index (χ2v) is 4.83. The van der Waals surface area contributed by atoms with E-state index in [1.165, 1.54) is 0 Å². The fourth-order valence-corrected chi connectivity index (χ4v) is 2.50. The van der Waals surface area contributed by atoms with Gasteiger partial charge in [-0.05, 0) is 57.1 Å². The number of anilines is 1. The van der Waals surface area contributed by atoms with Crippen LogP contribution in [0.3, 0.4) is 0 Å². The van der Waals surface area contributed by atoms with E-state index in [0.29, 0.717) is 0 Å². The highest BCUT2D eigenvalue weighted by Gasteiger charge is 2.10. The first-order valence-electron chi connectivity index (χ1n) is 5.82. The normalized spacial score (nSPS) is 10.2. The Kier molecular flexibility index (Phi) is 5.22. The molecule has 4 heteroatoms. The first kappa shape index (κ1) is 14.3. The van der Waals surface area contributed by atoms with Crippen molar-refractivity contribution >= 4 is 34.6 Å². The number of nitrogens with one attached hydrogen (secondary N) is 1. The molecule has 0 amide bonds. The highest BCUT2D eigenvalue weighted by molar-refractivity contribution is 7.80. The molecule has 17 heavy (non-hydrogen) atoms. The predicted octanol–water partition coefficient (Wildman–Crippen LogP) is 4.00. The molecule has 0 bridgehead atoms. The van der Waals surface area contributed by atoms with E-state index in [1.54, 1.807) is 0 Å². The smallest absolute Gasteiger partial charge is 0.173 e. The summed E-state index contributed by atoms with van der Waals surface area (Å²) in [5.74, 6) is 0. The molecule has 2 nitrogen and oxygen atoms in total. The van der Waals surface area contributed by atoms with Crippen molar-refractivity contribution in [3.05, 3.63) is 28.3 Å². The molecule has 94 valence electrons. The van der Waals surface area contributed by atoms with Crippen LogP contribution in [0.15, 0.2) is 12.1 Å². The molecule has 0 radical (unpaired) electrons. The van der Waals surface area contributed by atoms with E-state index in [0.717, 1.165) is 40.0 Å². The summed E-state index contributed by atoms with van der Waals surface area (Å²) in [6.07, 6.45) is 0. The van der Waals surface area contributed by atoms with Crippen LogP contribution in [0.2, 0.25) is 5.02 Å². The predicted molar refractivity (Wildman–Crippen MR) is 80.1 cm³/mol. The summed E-state index contributed by atoms with van der Waals surface area (Å²) in [6.45, 7) is 10.0. The maximum Gasteiger partial charge on any atom is 0.173 e. The highest BCUT2D eigenvalue weighted by atomic mass is 35.5. The van der Waals surface area contributed by atoms with Crippen molar-refractivity contribution < 1.29 is 0 Å². The van der Waals surface area contributed by atoms with Gasteiger partial charge in [0.1, 0.15) is 0 Å². The molecular formula is C13H19ClN2S. The lowest BCUT2D eigenvalue weighted by Gasteiger charge is -2.23. The molecule has 0 spiro atoms. The van der Waals surface area contributed by atoms with Crippen molar-refractivity contribution in [2.24, 2.45) is 0 Å². The van der Waals surface area contributed by atoms with Gasteiger partial charge in [0.05, 0.1) is 10.7 Å². The zero-order valence-electron chi connectivity index (χ0n) is 10.8. The van der Waals surface area contributed by atoms with Crippen LogP contribution in [0.25, 0.3) is 0 Å². The van der Waals surface area contributed by atoms with Crippen molar-refractivity contribution in [3.63, 3.8) is 0 Å². The summed E-state index contributed by atoms with van der Waals surface area (Å²) in [4.78, 5) is 2.09. The molecule has 1 aromatic rings. The van der Waals surface area contributed by atoms with Crippen LogP contribution < -0.4 is 5.32 Å². The van der Waals surface area contributed by atoms with Gasteiger partial charge >= 0.3 is 0 Å². The lowest BCUT2D eigenvalue weighted by Crippen LogP contribution is -2.34. The molecule has 1 rings (SSSR count). The van der Waals surface area contributed by atoms with Crippen LogP contribution in [0.5, 0.6) is 0 Å². The minimum atomic E-state index is 0.719. The zero-order chi connectivity index (χ0) is 13.0. The number of benzene rings is 1. The van der Waals surface area contributed by atoms with E-state index in [-0.39, 0.29) is 0 Å². The molecule has 1 N–H and O–H groups in total. The van der Waals surface area contributed by atoms with Gasteiger partial charge in [-0.25, -0.2) is 0 Å². The van der Waals surface area contributed by atoms with Gasteiger partial charge in [-0.2, -0.15) is 0 Å². The summed E-state index contributed by atoms with van der Waals surface area (Å²) < 4.78 is 0. The summed E-state index contributed by atoms with van der Waals surface area (Å²) in [7, 11) is 0. The van der Waals surface area contributed by atoms with Crippen molar-refractivity contribution in [1.82, 2.24) is 4.90 Å². The summed E-state index contributed by atoms with van der Waals surface area (Å²) in [5.41, 5.74) is 3.19. The molecule has 0 unspecified atom stereocenters. The Labute approximate surface area is 114 Å². The van der Waals surface area contributed by atoms with Crippen LogP contribution in [0.1, 0.15) is 25.0 Å². The van der Waals surface area contributed by atoms with Gasteiger partial charge in [0.15, 0.2) is 5.11 Å². The van der Waals surface area contributed by atoms with Crippen LogP contribution >= 0.6 is 23.8 Å². The van der Waals surface area contributed by atoms with Gasteiger partial charge in [-0.1, -0.05) is 17.7 Å². The second kappa shape index (κ2) is 6.22. The molecule has 0 saturated carbocycles. The first-order valence-corrected chi connectivity index (χ1v) is 6.60. The minimum Gasteiger partial charge on any atom is -0.350 e. The van der Waals surface area contributed by atoms with Gasteiger partial charge < -0.3 is 10.2 Å². The third-order valence-corrected chi connectivity index (χ3v) is 3.37. The van der Waals surface area contributed by atoms with E-state index in [4.69, 9.17) is 23.8 Å². The Bertz CT molecular complexity index is 391. The minimum absolute atomic E-state index is 0.719. The Morgan fingerprint density at radius 3 is 2.35 bits per heavy atom. The van der Waals surface area contributed by atoms with Gasteiger partial charge in [0.2, 0.25) is 0 Å². The number of halogens is 1. The molecule has 0 atom stereocenters. The van der Waals surface area contributed by atoms with E-state index in [1.807, 2.05) is 19.9 Å². The molecule has 0 aliphatic carbocycles. The molecule has 0 aliphatic rings. The van der Waals surface area contributed by atoms with Crippen molar-refractivity contribution in [2.75, 3.05) is 18.4 Å². The molecule has 0 aromatic heterocycles. The third kappa shape index (κ3) is 3.58. The third-order valence-electron chi connectivity index (χ3n) is 2.71. The number of thiocarbonyl (C=S) groups is 1. The maximum atomic E-state index is 6.23. The lowest BCUT2D eigenvalue weighted by atomic mass is 10.1. The number of rotatable bonds is 3. The van der Waals surface area contributed by atoms with E-state index in [9.17, 15) is 0 Å². The number of hydrogen-bond donors (Lipinski definition) is 1. The van der Waals surface area contributed by atoms with Crippen LogP contribution in [0.4, 0.5) is 5.69 Å². The average Bonchev–Trinajstić information content (AvgIpc) is 2.25. The van der Waals surface area contributed by atoms with Gasteiger partial charge in [0, 0.05) is 13.1 Å². The largest absolute Gasteiger partial charge is 0.350 e. The van der Waals surface area contributed by atoms with Crippen LogP contribution in [0, 0.1) is 13.8 Å². The van der Waals surface area contributed by atoms with Crippen LogP contribution in [-0.4, -0.2) is 23.1 Å². The summed E-state index contributed by atoms with van der Waals surface area (Å²) in [5, 5.41) is 4.68. The molecule has 0 heterocycles. The average molecular weight is 271 g/mol. The fraction of sp³-hybridized carbons (Fsp3) is 0.462.